The summed E-state index contributed by atoms with van der Waals surface area (Å²) in [5.74, 6) is -0.745. The highest BCUT2D eigenvalue weighted by Gasteiger charge is 2.33. The molecule has 0 aliphatic rings. The first kappa shape index (κ1) is 15.1. The molecule has 1 unspecified atom stereocenters. The molecular formula is C10H19NO4S. The lowest BCUT2D eigenvalue weighted by molar-refractivity contribution is -0.117. The van der Waals surface area contributed by atoms with Gasteiger partial charge in [0, 0.05) is 11.5 Å². The van der Waals surface area contributed by atoms with Gasteiger partial charge in [0.2, 0.25) is 5.91 Å². The Kier molecular flexibility index (Phi) is 5.15. The van der Waals surface area contributed by atoms with Crippen LogP contribution in [0.4, 0.5) is 0 Å². The molecular weight excluding hydrogens is 230 g/mol. The monoisotopic (exact) mass is 249 g/mol. The summed E-state index contributed by atoms with van der Waals surface area (Å²) in [5, 5.41) is 2.65. The van der Waals surface area contributed by atoms with Crippen LogP contribution in [0.2, 0.25) is 0 Å². The molecule has 2 N–H and O–H groups in total. The maximum absolute atomic E-state index is 11.2. The SMILES string of the molecule is C=CC(=O)NC(CC)C(C)(C)CS(=O)(=O)O. The van der Waals surface area contributed by atoms with E-state index in [0.717, 1.165) is 6.08 Å². The van der Waals surface area contributed by atoms with Gasteiger partial charge in [-0.05, 0) is 12.5 Å². The minimum absolute atomic E-state index is 0.333. The van der Waals surface area contributed by atoms with Gasteiger partial charge in [-0.1, -0.05) is 27.4 Å². The molecule has 1 amide bonds. The Morgan fingerprint density at radius 2 is 2.06 bits per heavy atom. The molecule has 5 nitrogen and oxygen atoms in total. The Hall–Kier alpha value is -0.880. The molecule has 0 fully saturated rings. The van der Waals surface area contributed by atoms with Gasteiger partial charge in [0.15, 0.2) is 0 Å². The fraction of sp³-hybridized carbons (Fsp3) is 0.700. The quantitative estimate of drug-likeness (QED) is 0.543. The van der Waals surface area contributed by atoms with Gasteiger partial charge in [0.1, 0.15) is 0 Å². The molecule has 0 radical (unpaired) electrons. The summed E-state index contributed by atoms with van der Waals surface area (Å²) in [6.07, 6.45) is 1.70. The Balaban J connectivity index is 4.79. The topological polar surface area (TPSA) is 83.5 Å². The van der Waals surface area contributed by atoms with E-state index in [1.807, 2.05) is 6.92 Å². The number of rotatable bonds is 6. The predicted molar refractivity (Wildman–Crippen MR) is 62.6 cm³/mol. The minimum Gasteiger partial charge on any atom is -0.349 e. The smallest absolute Gasteiger partial charge is 0.265 e. The van der Waals surface area contributed by atoms with Crippen molar-refractivity contribution < 1.29 is 17.8 Å². The van der Waals surface area contributed by atoms with E-state index >= 15 is 0 Å². The van der Waals surface area contributed by atoms with Crippen LogP contribution in [0.3, 0.4) is 0 Å². The molecule has 0 aromatic carbocycles. The van der Waals surface area contributed by atoms with E-state index in [9.17, 15) is 13.2 Å². The van der Waals surface area contributed by atoms with Gasteiger partial charge in [-0.15, -0.1) is 0 Å². The van der Waals surface area contributed by atoms with Gasteiger partial charge in [0.25, 0.3) is 10.1 Å². The van der Waals surface area contributed by atoms with Gasteiger partial charge in [0.05, 0.1) is 5.75 Å². The average molecular weight is 249 g/mol. The van der Waals surface area contributed by atoms with E-state index in [0.29, 0.717) is 6.42 Å². The average Bonchev–Trinajstić information content (AvgIpc) is 2.09. The highest BCUT2D eigenvalue weighted by molar-refractivity contribution is 7.85. The van der Waals surface area contributed by atoms with E-state index in [4.69, 9.17) is 4.55 Å². The highest BCUT2D eigenvalue weighted by atomic mass is 32.2. The summed E-state index contributed by atoms with van der Waals surface area (Å²) in [7, 11) is -4.06. The van der Waals surface area contributed by atoms with Gasteiger partial charge < -0.3 is 5.32 Å². The van der Waals surface area contributed by atoms with Crippen molar-refractivity contribution in [2.75, 3.05) is 5.75 Å². The first-order valence-electron chi connectivity index (χ1n) is 5.00. The third-order valence-corrected chi connectivity index (χ3v) is 3.52. The zero-order valence-electron chi connectivity index (χ0n) is 9.86. The lowest BCUT2D eigenvalue weighted by atomic mass is 9.85. The van der Waals surface area contributed by atoms with Gasteiger partial charge in [-0.3, -0.25) is 9.35 Å². The second-order valence-electron chi connectivity index (χ2n) is 4.39. The number of amides is 1. The zero-order valence-corrected chi connectivity index (χ0v) is 10.7. The maximum Gasteiger partial charge on any atom is 0.265 e. The summed E-state index contributed by atoms with van der Waals surface area (Å²) in [6.45, 7) is 8.52. The summed E-state index contributed by atoms with van der Waals surface area (Å²) in [4.78, 5) is 11.2. The second kappa shape index (κ2) is 5.45. The van der Waals surface area contributed by atoms with E-state index in [1.165, 1.54) is 0 Å². The minimum atomic E-state index is -4.06. The van der Waals surface area contributed by atoms with Gasteiger partial charge >= 0.3 is 0 Å². The molecule has 0 heterocycles. The van der Waals surface area contributed by atoms with E-state index < -0.39 is 21.3 Å². The normalized spacial score (nSPS) is 14.2. The molecule has 0 aliphatic carbocycles. The van der Waals surface area contributed by atoms with Crippen LogP contribution >= 0.6 is 0 Å². The Morgan fingerprint density at radius 3 is 2.38 bits per heavy atom. The molecule has 0 aromatic rings. The number of hydrogen-bond acceptors (Lipinski definition) is 3. The van der Waals surface area contributed by atoms with Crippen LogP contribution < -0.4 is 5.32 Å². The predicted octanol–water partition coefficient (Wildman–Crippen LogP) is 0.981. The standard InChI is InChI=1S/C10H19NO4S/c1-5-8(11-9(12)6-2)10(3,4)7-16(13,14)15/h6,8H,2,5,7H2,1,3-4H3,(H,11,12)(H,13,14,15). The molecule has 94 valence electrons. The van der Waals surface area contributed by atoms with Crippen LogP contribution in [0.25, 0.3) is 0 Å². The van der Waals surface area contributed by atoms with Crippen LogP contribution in [0, 0.1) is 5.41 Å². The lowest BCUT2D eigenvalue weighted by Crippen LogP contribution is -2.47. The largest absolute Gasteiger partial charge is 0.349 e. The third kappa shape index (κ3) is 5.27. The first-order valence-corrected chi connectivity index (χ1v) is 6.61. The molecule has 0 saturated carbocycles. The van der Waals surface area contributed by atoms with E-state index in [-0.39, 0.29) is 11.9 Å². The Labute approximate surface area is 96.7 Å². The highest BCUT2D eigenvalue weighted by Crippen LogP contribution is 2.24. The van der Waals surface area contributed by atoms with Crippen molar-refractivity contribution >= 4 is 16.0 Å². The Bertz CT molecular complexity index is 359. The summed E-state index contributed by atoms with van der Waals surface area (Å²) in [5.41, 5.74) is -0.735. The number of carbonyl (C=O) groups is 1. The van der Waals surface area contributed by atoms with E-state index in [2.05, 4.69) is 11.9 Å². The van der Waals surface area contributed by atoms with E-state index in [1.54, 1.807) is 13.8 Å². The van der Waals surface area contributed by atoms with Gasteiger partial charge in [-0.2, -0.15) is 8.42 Å². The molecule has 0 bridgehead atoms. The lowest BCUT2D eigenvalue weighted by Gasteiger charge is -2.32. The number of carbonyl (C=O) groups excluding carboxylic acids is 1. The number of nitrogens with one attached hydrogen (secondary N) is 1. The molecule has 0 spiro atoms. The van der Waals surface area contributed by atoms with Crippen molar-refractivity contribution in [1.82, 2.24) is 5.32 Å². The molecule has 0 aromatic heterocycles. The van der Waals surface area contributed by atoms with Gasteiger partial charge in [-0.25, -0.2) is 0 Å². The second-order valence-corrected chi connectivity index (χ2v) is 5.84. The van der Waals surface area contributed by atoms with Crippen molar-refractivity contribution in [3.05, 3.63) is 12.7 Å². The fourth-order valence-electron chi connectivity index (χ4n) is 1.65. The molecule has 16 heavy (non-hydrogen) atoms. The summed E-state index contributed by atoms with van der Waals surface area (Å²) in [6, 6.07) is -0.333. The molecule has 0 aliphatic heterocycles. The zero-order chi connectivity index (χ0) is 13.0. The molecule has 1 atom stereocenters. The number of hydrogen-bond donors (Lipinski definition) is 2. The van der Waals surface area contributed by atoms with Crippen molar-refractivity contribution in [1.29, 1.82) is 0 Å². The van der Waals surface area contributed by atoms with Crippen LogP contribution in [0.15, 0.2) is 12.7 Å². The maximum atomic E-state index is 11.2. The van der Waals surface area contributed by atoms with Crippen molar-refractivity contribution in [3.63, 3.8) is 0 Å². The molecule has 6 heteroatoms. The van der Waals surface area contributed by atoms with Crippen molar-refractivity contribution in [2.45, 2.75) is 33.2 Å². The van der Waals surface area contributed by atoms with Crippen molar-refractivity contribution in [3.8, 4) is 0 Å². The molecule has 0 rings (SSSR count). The van der Waals surface area contributed by atoms with Crippen LogP contribution in [0.1, 0.15) is 27.2 Å². The third-order valence-electron chi connectivity index (χ3n) is 2.41. The van der Waals surface area contributed by atoms with Crippen LogP contribution in [-0.4, -0.2) is 30.7 Å². The summed E-state index contributed by atoms with van der Waals surface area (Å²) < 4.78 is 30.5. The first-order chi connectivity index (χ1) is 7.12. The summed E-state index contributed by atoms with van der Waals surface area (Å²) >= 11 is 0. The fourth-order valence-corrected chi connectivity index (χ4v) is 2.79. The Morgan fingerprint density at radius 1 is 1.56 bits per heavy atom. The van der Waals surface area contributed by atoms with Crippen LogP contribution in [0.5, 0.6) is 0 Å². The molecule has 0 saturated heterocycles. The van der Waals surface area contributed by atoms with Crippen molar-refractivity contribution in [2.24, 2.45) is 5.41 Å². The van der Waals surface area contributed by atoms with Crippen LogP contribution in [-0.2, 0) is 14.9 Å².